The quantitative estimate of drug-likeness (QED) is 0.855. The third-order valence-corrected chi connectivity index (χ3v) is 5.10. The van der Waals surface area contributed by atoms with Gasteiger partial charge in [-0.15, -0.1) is 0 Å². The Morgan fingerprint density at radius 1 is 1.18 bits per heavy atom. The van der Waals surface area contributed by atoms with Crippen molar-refractivity contribution >= 4 is 17.6 Å². The molecule has 2 aromatic rings. The van der Waals surface area contributed by atoms with Crippen LogP contribution in [0, 0.1) is 5.82 Å². The number of amides is 2. The second-order valence-corrected chi connectivity index (χ2v) is 7.23. The maximum atomic E-state index is 13.0. The lowest BCUT2D eigenvalue weighted by Gasteiger charge is -2.18. The summed E-state index contributed by atoms with van der Waals surface area (Å²) in [7, 11) is 0. The molecule has 146 valence electrons. The minimum atomic E-state index is -0.294. The van der Waals surface area contributed by atoms with E-state index in [1.165, 1.54) is 18.3 Å². The summed E-state index contributed by atoms with van der Waals surface area (Å²) in [6.45, 7) is 2.47. The molecule has 2 amide bonds. The average molecular weight is 383 g/mol. The minimum Gasteiger partial charge on any atom is -0.364 e. The Bertz CT molecular complexity index is 867. The molecule has 4 rings (SSSR count). The summed E-state index contributed by atoms with van der Waals surface area (Å²) < 4.78 is 13.0. The third kappa shape index (κ3) is 4.11. The Labute approximate surface area is 162 Å². The van der Waals surface area contributed by atoms with Crippen LogP contribution in [0.1, 0.15) is 35.3 Å². The number of rotatable bonds is 5. The molecule has 28 heavy (non-hydrogen) atoms. The molecule has 3 heterocycles. The van der Waals surface area contributed by atoms with Gasteiger partial charge in [0, 0.05) is 32.6 Å². The number of benzene rings is 1. The van der Waals surface area contributed by atoms with Gasteiger partial charge in [0.15, 0.2) is 0 Å². The van der Waals surface area contributed by atoms with Gasteiger partial charge in [0.05, 0.1) is 18.4 Å². The highest BCUT2D eigenvalue weighted by molar-refractivity contribution is 5.92. The van der Waals surface area contributed by atoms with E-state index in [4.69, 9.17) is 0 Å². The number of aromatic nitrogens is 2. The zero-order chi connectivity index (χ0) is 19.5. The van der Waals surface area contributed by atoms with Crippen LogP contribution in [0.2, 0.25) is 0 Å². The minimum absolute atomic E-state index is 0.0269. The van der Waals surface area contributed by atoms with E-state index in [1.54, 1.807) is 28.1 Å². The predicted octanol–water partition coefficient (Wildman–Crippen LogP) is 2.06. The van der Waals surface area contributed by atoms with Crippen molar-refractivity contribution in [1.29, 1.82) is 0 Å². The summed E-state index contributed by atoms with van der Waals surface area (Å²) >= 11 is 0. The van der Waals surface area contributed by atoms with Crippen LogP contribution < -0.4 is 5.32 Å². The SMILES string of the molecule is O=C1C[C@H](Nc2cncc(C(=O)N3CCCC3)n2)CN1Cc1ccc(F)cc1. The number of hydrogen-bond acceptors (Lipinski definition) is 5. The molecule has 1 aromatic carbocycles. The predicted molar refractivity (Wildman–Crippen MR) is 101 cm³/mol. The van der Waals surface area contributed by atoms with Crippen molar-refractivity contribution in [3.05, 3.63) is 53.7 Å². The number of nitrogens with zero attached hydrogens (tertiary/aromatic N) is 4. The van der Waals surface area contributed by atoms with Gasteiger partial charge in [0.25, 0.3) is 5.91 Å². The van der Waals surface area contributed by atoms with Gasteiger partial charge in [-0.2, -0.15) is 0 Å². The molecule has 7 nitrogen and oxygen atoms in total. The summed E-state index contributed by atoms with van der Waals surface area (Å²) in [5.74, 6) is 0.123. The fourth-order valence-corrected chi connectivity index (χ4v) is 3.66. The number of nitrogens with one attached hydrogen (secondary N) is 1. The van der Waals surface area contributed by atoms with Gasteiger partial charge in [0.2, 0.25) is 5.91 Å². The normalized spacial score (nSPS) is 19.3. The van der Waals surface area contributed by atoms with Crippen LogP contribution in [0.15, 0.2) is 36.7 Å². The molecule has 0 bridgehead atoms. The Balaban J connectivity index is 1.38. The van der Waals surface area contributed by atoms with E-state index in [1.807, 2.05) is 0 Å². The van der Waals surface area contributed by atoms with Crippen molar-refractivity contribution in [2.45, 2.75) is 31.8 Å². The van der Waals surface area contributed by atoms with Crippen LogP contribution in [-0.2, 0) is 11.3 Å². The molecule has 2 aliphatic heterocycles. The molecule has 2 saturated heterocycles. The topological polar surface area (TPSA) is 78.4 Å². The van der Waals surface area contributed by atoms with Crippen LogP contribution >= 0.6 is 0 Å². The number of carbonyl (C=O) groups is 2. The van der Waals surface area contributed by atoms with Crippen LogP contribution in [0.5, 0.6) is 0 Å². The molecular formula is C20H22FN5O2. The van der Waals surface area contributed by atoms with Gasteiger partial charge in [-0.3, -0.25) is 14.6 Å². The molecule has 1 atom stereocenters. The lowest BCUT2D eigenvalue weighted by molar-refractivity contribution is -0.128. The van der Waals surface area contributed by atoms with Gasteiger partial charge < -0.3 is 15.1 Å². The smallest absolute Gasteiger partial charge is 0.274 e. The van der Waals surface area contributed by atoms with Crippen LogP contribution in [0.3, 0.4) is 0 Å². The van der Waals surface area contributed by atoms with Crippen molar-refractivity contribution in [2.24, 2.45) is 0 Å². The van der Waals surface area contributed by atoms with E-state index in [-0.39, 0.29) is 23.7 Å². The molecule has 0 unspecified atom stereocenters. The Morgan fingerprint density at radius 2 is 1.93 bits per heavy atom. The van der Waals surface area contributed by atoms with Gasteiger partial charge in [-0.05, 0) is 30.5 Å². The summed E-state index contributed by atoms with van der Waals surface area (Å²) in [4.78, 5) is 36.8. The number of carbonyl (C=O) groups excluding carboxylic acids is 2. The first kappa shape index (κ1) is 18.3. The van der Waals surface area contributed by atoms with Crippen LogP contribution in [-0.4, -0.2) is 57.3 Å². The monoisotopic (exact) mass is 383 g/mol. The van der Waals surface area contributed by atoms with Crippen LogP contribution in [0.25, 0.3) is 0 Å². The highest BCUT2D eigenvalue weighted by atomic mass is 19.1. The number of halogens is 1. The standard InChI is InChI=1S/C20H22FN5O2/c21-15-5-3-14(4-6-15)12-26-13-16(9-19(26)27)23-18-11-22-10-17(24-18)20(28)25-7-1-2-8-25/h3-6,10-11,16H,1-2,7-9,12-13H2,(H,23,24)/t16-/m0/s1. The third-order valence-electron chi connectivity index (χ3n) is 5.10. The van der Waals surface area contributed by atoms with E-state index in [2.05, 4.69) is 15.3 Å². The van der Waals surface area contributed by atoms with E-state index >= 15 is 0 Å². The molecule has 0 aliphatic carbocycles. The first-order valence-electron chi connectivity index (χ1n) is 9.48. The summed E-state index contributed by atoms with van der Waals surface area (Å²) in [5.41, 5.74) is 1.20. The van der Waals surface area contributed by atoms with Gasteiger partial charge in [0.1, 0.15) is 17.3 Å². The molecule has 1 aromatic heterocycles. The molecule has 8 heteroatoms. The first-order valence-corrected chi connectivity index (χ1v) is 9.48. The Kier molecular flexibility index (Phi) is 5.18. The van der Waals surface area contributed by atoms with Gasteiger partial charge in [-0.25, -0.2) is 9.37 Å². The van der Waals surface area contributed by atoms with Crippen LogP contribution in [0.4, 0.5) is 10.2 Å². The Hall–Kier alpha value is -3.03. The van der Waals surface area contributed by atoms with Gasteiger partial charge >= 0.3 is 0 Å². The number of hydrogen-bond donors (Lipinski definition) is 1. The highest BCUT2D eigenvalue weighted by Crippen LogP contribution is 2.19. The van der Waals surface area contributed by atoms with E-state index < -0.39 is 0 Å². The van der Waals surface area contributed by atoms with E-state index in [0.717, 1.165) is 31.5 Å². The molecule has 1 N–H and O–H groups in total. The second kappa shape index (κ2) is 7.92. The number of anilines is 1. The maximum absolute atomic E-state index is 13.0. The van der Waals surface area contributed by atoms with Gasteiger partial charge in [-0.1, -0.05) is 12.1 Å². The largest absolute Gasteiger partial charge is 0.364 e. The summed E-state index contributed by atoms with van der Waals surface area (Å²) in [6, 6.07) is 6.04. The molecular weight excluding hydrogens is 361 g/mol. The zero-order valence-electron chi connectivity index (χ0n) is 15.5. The molecule has 0 radical (unpaired) electrons. The number of likely N-dealkylation sites (tertiary alicyclic amines) is 2. The zero-order valence-corrected chi connectivity index (χ0v) is 15.5. The second-order valence-electron chi connectivity index (χ2n) is 7.23. The molecule has 2 fully saturated rings. The molecule has 0 saturated carbocycles. The Morgan fingerprint density at radius 3 is 2.68 bits per heavy atom. The van der Waals surface area contributed by atoms with Crippen molar-refractivity contribution in [3.63, 3.8) is 0 Å². The summed E-state index contributed by atoms with van der Waals surface area (Å²) in [5, 5.41) is 3.22. The fraction of sp³-hybridized carbons (Fsp3) is 0.400. The fourth-order valence-electron chi connectivity index (χ4n) is 3.66. The average Bonchev–Trinajstić information content (AvgIpc) is 3.34. The molecule has 0 spiro atoms. The van der Waals surface area contributed by atoms with E-state index in [0.29, 0.717) is 31.0 Å². The van der Waals surface area contributed by atoms with E-state index in [9.17, 15) is 14.0 Å². The van der Waals surface area contributed by atoms with Crippen molar-refractivity contribution in [1.82, 2.24) is 19.8 Å². The van der Waals surface area contributed by atoms with Crippen molar-refractivity contribution in [3.8, 4) is 0 Å². The van der Waals surface area contributed by atoms with Crippen molar-refractivity contribution in [2.75, 3.05) is 25.0 Å². The van der Waals surface area contributed by atoms with Crippen molar-refractivity contribution < 1.29 is 14.0 Å². The molecule has 2 aliphatic rings. The highest BCUT2D eigenvalue weighted by Gasteiger charge is 2.30. The lowest BCUT2D eigenvalue weighted by Crippen LogP contribution is -2.30. The summed E-state index contributed by atoms with van der Waals surface area (Å²) in [6.07, 6.45) is 5.42. The maximum Gasteiger partial charge on any atom is 0.274 e. The lowest BCUT2D eigenvalue weighted by atomic mass is 10.2. The first-order chi connectivity index (χ1) is 13.6.